The molecule has 1 heterocycles. The summed E-state index contributed by atoms with van der Waals surface area (Å²) in [5.74, 6) is -0.00704. The van der Waals surface area contributed by atoms with E-state index in [0.29, 0.717) is 11.1 Å². The third kappa shape index (κ3) is 2.31. The maximum Gasteiger partial charge on any atom is 0.253 e. The number of ketones is 1. The van der Waals surface area contributed by atoms with Gasteiger partial charge in [0.05, 0.1) is 6.54 Å². The molecule has 0 N–H and O–H groups in total. The van der Waals surface area contributed by atoms with Gasteiger partial charge in [0, 0.05) is 17.3 Å². The van der Waals surface area contributed by atoms with Crippen LogP contribution in [-0.4, -0.2) is 10.4 Å². The molecule has 1 aliphatic carbocycles. The molecule has 3 nitrogen and oxygen atoms in total. The summed E-state index contributed by atoms with van der Waals surface area (Å²) in [6, 6.07) is 9.48. The lowest BCUT2D eigenvalue weighted by molar-refractivity contribution is 0.0970. The van der Waals surface area contributed by atoms with Crippen molar-refractivity contribution in [1.29, 1.82) is 0 Å². The third-order valence-corrected chi connectivity index (χ3v) is 3.94. The molecule has 0 saturated heterocycles. The highest BCUT2D eigenvalue weighted by Gasteiger charge is 2.14. The van der Waals surface area contributed by atoms with E-state index in [2.05, 4.69) is 6.07 Å². The zero-order valence-corrected chi connectivity index (χ0v) is 11.6. The minimum Gasteiger partial charge on any atom is -0.308 e. The first-order chi connectivity index (χ1) is 9.65. The van der Waals surface area contributed by atoms with E-state index < -0.39 is 0 Å². The molecule has 1 aliphatic rings. The smallest absolute Gasteiger partial charge is 0.253 e. The molecule has 0 fully saturated rings. The number of rotatable bonds is 3. The molecule has 20 heavy (non-hydrogen) atoms. The van der Waals surface area contributed by atoms with E-state index >= 15 is 0 Å². The summed E-state index contributed by atoms with van der Waals surface area (Å²) in [5, 5.41) is 0. The Morgan fingerprint density at radius 2 is 2.00 bits per heavy atom. The predicted octanol–water partition coefficient (Wildman–Crippen LogP) is 2.53. The second-order valence-electron chi connectivity index (χ2n) is 5.38. The first-order valence-electron chi connectivity index (χ1n) is 6.96. The van der Waals surface area contributed by atoms with Gasteiger partial charge in [0.1, 0.15) is 0 Å². The fourth-order valence-electron chi connectivity index (χ4n) is 2.77. The topological polar surface area (TPSA) is 39.1 Å². The molecule has 0 aliphatic heterocycles. The molecule has 0 radical (unpaired) electrons. The zero-order chi connectivity index (χ0) is 14.1. The Hall–Kier alpha value is -2.16. The van der Waals surface area contributed by atoms with Crippen LogP contribution in [0.3, 0.4) is 0 Å². The summed E-state index contributed by atoms with van der Waals surface area (Å²) < 4.78 is 1.48. The lowest BCUT2D eigenvalue weighted by atomic mass is 10.0. The van der Waals surface area contributed by atoms with Gasteiger partial charge in [-0.15, -0.1) is 0 Å². The average molecular weight is 267 g/mol. The summed E-state index contributed by atoms with van der Waals surface area (Å²) in [6.07, 6.45) is 5.01. The predicted molar refractivity (Wildman–Crippen MR) is 78.2 cm³/mol. The Labute approximate surface area is 117 Å². The van der Waals surface area contributed by atoms with E-state index in [0.717, 1.165) is 12.8 Å². The molecule has 0 bridgehead atoms. The van der Waals surface area contributed by atoms with Crippen molar-refractivity contribution in [3.8, 4) is 0 Å². The van der Waals surface area contributed by atoms with Gasteiger partial charge in [0.15, 0.2) is 5.78 Å². The van der Waals surface area contributed by atoms with Gasteiger partial charge in [-0.3, -0.25) is 9.59 Å². The van der Waals surface area contributed by atoms with Crippen LogP contribution in [0, 0.1) is 6.92 Å². The standard InChI is InChI=1S/C17H17NO2/c1-12-4-3-9-18(17(12)20)11-16(19)15-8-7-13-5-2-6-14(13)10-15/h3-4,7-10H,2,5-6,11H2,1H3. The number of hydrogen-bond acceptors (Lipinski definition) is 2. The number of hydrogen-bond donors (Lipinski definition) is 0. The second-order valence-corrected chi connectivity index (χ2v) is 5.38. The summed E-state index contributed by atoms with van der Waals surface area (Å²) in [7, 11) is 0. The first-order valence-corrected chi connectivity index (χ1v) is 6.96. The van der Waals surface area contributed by atoms with Crippen LogP contribution < -0.4 is 5.56 Å². The second kappa shape index (κ2) is 5.08. The number of aryl methyl sites for hydroxylation is 3. The van der Waals surface area contributed by atoms with E-state index in [9.17, 15) is 9.59 Å². The SMILES string of the molecule is Cc1cccn(CC(=O)c2ccc3c(c2)CCC3)c1=O. The molecule has 0 unspecified atom stereocenters. The first kappa shape index (κ1) is 12.9. The molecule has 0 saturated carbocycles. The van der Waals surface area contributed by atoms with Gasteiger partial charge in [0.2, 0.25) is 0 Å². The van der Waals surface area contributed by atoms with Crippen LogP contribution in [0.2, 0.25) is 0 Å². The molecule has 1 aromatic carbocycles. The number of Topliss-reactive ketones (excluding diaryl/α,β-unsaturated/α-hetero) is 1. The number of pyridine rings is 1. The molecule has 2 aromatic rings. The van der Waals surface area contributed by atoms with Crippen molar-refractivity contribution in [2.24, 2.45) is 0 Å². The summed E-state index contributed by atoms with van der Waals surface area (Å²) in [4.78, 5) is 24.3. The Bertz CT molecular complexity index is 728. The number of carbonyl (C=O) groups excluding carboxylic acids is 1. The summed E-state index contributed by atoms with van der Waals surface area (Å²) in [6.45, 7) is 1.87. The van der Waals surface area contributed by atoms with Gasteiger partial charge in [-0.05, 0) is 49.4 Å². The highest BCUT2D eigenvalue weighted by atomic mass is 16.1. The van der Waals surface area contributed by atoms with E-state index in [1.165, 1.54) is 22.1 Å². The molecule has 102 valence electrons. The number of benzene rings is 1. The van der Waals surface area contributed by atoms with E-state index in [1.54, 1.807) is 25.3 Å². The quantitative estimate of drug-likeness (QED) is 0.802. The van der Waals surface area contributed by atoms with Crippen molar-refractivity contribution < 1.29 is 4.79 Å². The minimum absolute atomic E-state index is 0.00704. The maximum absolute atomic E-state index is 12.3. The van der Waals surface area contributed by atoms with Crippen molar-refractivity contribution in [2.45, 2.75) is 32.7 Å². The van der Waals surface area contributed by atoms with Crippen LogP contribution in [0.1, 0.15) is 33.5 Å². The Kier molecular flexibility index (Phi) is 3.26. The monoisotopic (exact) mass is 267 g/mol. The highest BCUT2D eigenvalue weighted by Crippen LogP contribution is 2.23. The molecular weight excluding hydrogens is 250 g/mol. The number of carbonyl (C=O) groups is 1. The van der Waals surface area contributed by atoms with Crippen LogP contribution >= 0.6 is 0 Å². The largest absolute Gasteiger partial charge is 0.308 e. The van der Waals surface area contributed by atoms with Gasteiger partial charge in [-0.25, -0.2) is 0 Å². The molecular formula is C17H17NO2. The fourth-order valence-corrected chi connectivity index (χ4v) is 2.77. The van der Waals surface area contributed by atoms with Gasteiger partial charge >= 0.3 is 0 Å². The van der Waals surface area contributed by atoms with Crippen LogP contribution in [0.5, 0.6) is 0 Å². The van der Waals surface area contributed by atoms with E-state index in [4.69, 9.17) is 0 Å². The Balaban J connectivity index is 1.86. The van der Waals surface area contributed by atoms with Gasteiger partial charge < -0.3 is 4.57 Å². The molecule has 3 rings (SSSR count). The summed E-state index contributed by atoms with van der Waals surface area (Å²) >= 11 is 0. The number of fused-ring (bicyclic) bond motifs is 1. The highest BCUT2D eigenvalue weighted by molar-refractivity contribution is 5.96. The van der Waals surface area contributed by atoms with Crippen molar-refractivity contribution in [1.82, 2.24) is 4.57 Å². The minimum atomic E-state index is -0.0954. The third-order valence-electron chi connectivity index (χ3n) is 3.94. The zero-order valence-electron chi connectivity index (χ0n) is 11.6. The molecule has 0 atom stereocenters. The van der Waals surface area contributed by atoms with E-state index in [-0.39, 0.29) is 17.9 Å². The Morgan fingerprint density at radius 3 is 2.85 bits per heavy atom. The van der Waals surface area contributed by atoms with Crippen LogP contribution in [0.4, 0.5) is 0 Å². The lowest BCUT2D eigenvalue weighted by Gasteiger charge is -2.07. The van der Waals surface area contributed by atoms with Gasteiger partial charge in [-0.2, -0.15) is 0 Å². The molecule has 1 aromatic heterocycles. The fraction of sp³-hybridized carbons (Fsp3) is 0.294. The molecule has 3 heteroatoms. The average Bonchev–Trinajstić information content (AvgIpc) is 2.91. The van der Waals surface area contributed by atoms with Crippen molar-refractivity contribution >= 4 is 5.78 Å². The number of nitrogens with zero attached hydrogens (tertiary/aromatic N) is 1. The van der Waals surface area contributed by atoms with Gasteiger partial charge in [-0.1, -0.05) is 18.2 Å². The van der Waals surface area contributed by atoms with Crippen molar-refractivity contribution in [3.05, 3.63) is 69.1 Å². The van der Waals surface area contributed by atoms with Crippen LogP contribution in [0.25, 0.3) is 0 Å². The molecule has 0 spiro atoms. The number of aromatic nitrogens is 1. The Morgan fingerprint density at radius 1 is 1.20 bits per heavy atom. The van der Waals surface area contributed by atoms with Crippen molar-refractivity contribution in [2.75, 3.05) is 0 Å². The van der Waals surface area contributed by atoms with Crippen LogP contribution in [0.15, 0.2) is 41.3 Å². The lowest BCUT2D eigenvalue weighted by Crippen LogP contribution is -2.25. The normalized spacial score (nSPS) is 13.2. The molecule has 0 amide bonds. The van der Waals surface area contributed by atoms with Gasteiger partial charge in [0.25, 0.3) is 5.56 Å². The maximum atomic E-state index is 12.3. The summed E-state index contributed by atoms with van der Waals surface area (Å²) in [5.41, 5.74) is 3.91. The van der Waals surface area contributed by atoms with Crippen molar-refractivity contribution in [3.63, 3.8) is 0 Å². The van der Waals surface area contributed by atoms with Crippen LogP contribution in [-0.2, 0) is 19.4 Å². The van der Waals surface area contributed by atoms with E-state index in [1.807, 2.05) is 12.1 Å².